The second kappa shape index (κ2) is 4.27. The molecule has 0 saturated carbocycles. The van der Waals surface area contributed by atoms with Crippen molar-refractivity contribution in [1.29, 1.82) is 0 Å². The van der Waals surface area contributed by atoms with Gasteiger partial charge in [0.05, 0.1) is 6.10 Å². The molecular weight excluding hydrogens is 148 g/mol. The molecule has 72 valence electrons. The highest BCUT2D eigenvalue weighted by Gasteiger charge is 2.30. The molecule has 0 spiro atoms. The Bertz CT molecular complexity index is 129. The zero-order chi connectivity index (χ0) is 9.14. The van der Waals surface area contributed by atoms with Crippen LogP contribution >= 0.6 is 0 Å². The molecule has 0 N–H and O–H groups in total. The van der Waals surface area contributed by atoms with Crippen LogP contribution in [0.25, 0.3) is 0 Å². The van der Waals surface area contributed by atoms with E-state index in [0.717, 1.165) is 18.4 Å². The summed E-state index contributed by atoms with van der Waals surface area (Å²) in [6.07, 6.45) is 3.15. The topological polar surface area (TPSA) is 9.23 Å². The first-order valence-corrected chi connectivity index (χ1v) is 5.23. The minimum absolute atomic E-state index is 0.535. The van der Waals surface area contributed by atoms with Crippen LogP contribution in [0, 0.1) is 17.8 Å². The van der Waals surface area contributed by atoms with Crippen molar-refractivity contribution in [3.63, 3.8) is 0 Å². The summed E-state index contributed by atoms with van der Waals surface area (Å²) < 4.78 is 5.73. The van der Waals surface area contributed by atoms with Crippen LogP contribution in [0.15, 0.2) is 0 Å². The lowest BCUT2D eigenvalue weighted by Gasteiger charge is -2.23. The van der Waals surface area contributed by atoms with Gasteiger partial charge in [-0.1, -0.05) is 27.7 Å². The molecule has 1 heteroatoms. The van der Waals surface area contributed by atoms with Crippen LogP contribution in [0.4, 0.5) is 0 Å². The Morgan fingerprint density at radius 3 is 2.42 bits per heavy atom. The second-order valence-electron chi connectivity index (χ2n) is 4.76. The van der Waals surface area contributed by atoms with Gasteiger partial charge >= 0.3 is 0 Å². The third-order valence-electron chi connectivity index (χ3n) is 2.69. The van der Waals surface area contributed by atoms with E-state index >= 15 is 0 Å². The minimum atomic E-state index is 0.535. The largest absolute Gasteiger partial charge is 0.378 e. The SMILES string of the molecule is CC(C)CC1CCOC1C(C)C. The Balaban J connectivity index is 2.41. The quantitative estimate of drug-likeness (QED) is 0.632. The van der Waals surface area contributed by atoms with E-state index in [1.165, 1.54) is 12.8 Å². The van der Waals surface area contributed by atoms with E-state index in [2.05, 4.69) is 27.7 Å². The first-order chi connectivity index (χ1) is 5.61. The Morgan fingerprint density at radius 1 is 1.25 bits per heavy atom. The molecule has 0 radical (unpaired) electrons. The summed E-state index contributed by atoms with van der Waals surface area (Å²) in [5.74, 6) is 2.33. The summed E-state index contributed by atoms with van der Waals surface area (Å²) in [7, 11) is 0. The normalized spacial score (nSPS) is 30.5. The summed E-state index contributed by atoms with van der Waals surface area (Å²) >= 11 is 0. The maximum absolute atomic E-state index is 5.73. The fourth-order valence-corrected chi connectivity index (χ4v) is 2.25. The molecule has 0 aromatic carbocycles. The fourth-order valence-electron chi connectivity index (χ4n) is 2.25. The monoisotopic (exact) mass is 170 g/mol. The molecule has 0 aromatic heterocycles. The zero-order valence-corrected chi connectivity index (χ0v) is 8.84. The minimum Gasteiger partial charge on any atom is -0.378 e. The van der Waals surface area contributed by atoms with Gasteiger partial charge in [0.15, 0.2) is 0 Å². The molecule has 12 heavy (non-hydrogen) atoms. The van der Waals surface area contributed by atoms with Crippen LogP contribution in [0.3, 0.4) is 0 Å². The molecule has 1 rings (SSSR count). The van der Waals surface area contributed by atoms with Gasteiger partial charge in [0.25, 0.3) is 0 Å². The van der Waals surface area contributed by atoms with Crippen molar-refractivity contribution in [2.24, 2.45) is 17.8 Å². The highest BCUT2D eigenvalue weighted by atomic mass is 16.5. The Morgan fingerprint density at radius 2 is 1.92 bits per heavy atom. The standard InChI is InChI=1S/C11H22O/c1-8(2)7-10-5-6-12-11(10)9(3)4/h8-11H,5-7H2,1-4H3. The third kappa shape index (κ3) is 2.48. The molecule has 1 fully saturated rings. The number of hydrogen-bond acceptors (Lipinski definition) is 1. The highest BCUT2D eigenvalue weighted by molar-refractivity contribution is 4.79. The van der Waals surface area contributed by atoms with E-state index in [1.54, 1.807) is 0 Å². The van der Waals surface area contributed by atoms with E-state index in [1.807, 2.05) is 0 Å². The fraction of sp³-hybridized carbons (Fsp3) is 1.00. The predicted molar refractivity (Wildman–Crippen MR) is 52.1 cm³/mol. The van der Waals surface area contributed by atoms with Crippen molar-refractivity contribution in [3.05, 3.63) is 0 Å². The number of rotatable bonds is 3. The maximum Gasteiger partial charge on any atom is 0.0627 e. The number of hydrogen-bond donors (Lipinski definition) is 0. The molecule has 0 aromatic rings. The van der Waals surface area contributed by atoms with Gasteiger partial charge in [-0.3, -0.25) is 0 Å². The second-order valence-corrected chi connectivity index (χ2v) is 4.76. The average molecular weight is 170 g/mol. The van der Waals surface area contributed by atoms with Crippen LogP contribution in [0.1, 0.15) is 40.5 Å². The van der Waals surface area contributed by atoms with Gasteiger partial charge in [-0.15, -0.1) is 0 Å². The van der Waals surface area contributed by atoms with E-state index in [0.29, 0.717) is 12.0 Å². The van der Waals surface area contributed by atoms with Crippen LogP contribution in [-0.4, -0.2) is 12.7 Å². The summed E-state index contributed by atoms with van der Waals surface area (Å²) in [4.78, 5) is 0. The van der Waals surface area contributed by atoms with Gasteiger partial charge in [-0.2, -0.15) is 0 Å². The lowest BCUT2D eigenvalue weighted by molar-refractivity contribution is 0.0494. The van der Waals surface area contributed by atoms with Crippen molar-refractivity contribution >= 4 is 0 Å². The van der Waals surface area contributed by atoms with Crippen molar-refractivity contribution in [2.45, 2.75) is 46.6 Å². The molecule has 1 nitrogen and oxygen atoms in total. The van der Waals surface area contributed by atoms with E-state index in [-0.39, 0.29) is 0 Å². The summed E-state index contributed by atoms with van der Waals surface area (Å²) in [5, 5.41) is 0. The highest BCUT2D eigenvalue weighted by Crippen LogP contribution is 2.31. The molecule has 1 saturated heterocycles. The van der Waals surface area contributed by atoms with Crippen molar-refractivity contribution in [2.75, 3.05) is 6.61 Å². The first kappa shape index (κ1) is 10.0. The van der Waals surface area contributed by atoms with Crippen molar-refractivity contribution < 1.29 is 4.74 Å². The van der Waals surface area contributed by atoms with E-state index in [4.69, 9.17) is 4.74 Å². The molecule has 2 atom stereocenters. The molecule has 0 aliphatic carbocycles. The third-order valence-corrected chi connectivity index (χ3v) is 2.69. The van der Waals surface area contributed by atoms with Crippen LogP contribution in [0.2, 0.25) is 0 Å². The van der Waals surface area contributed by atoms with Gasteiger partial charge in [0.1, 0.15) is 0 Å². The van der Waals surface area contributed by atoms with Crippen LogP contribution in [-0.2, 0) is 4.74 Å². The first-order valence-electron chi connectivity index (χ1n) is 5.23. The average Bonchev–Trinajstić information content (AvgIpc) is 2.33. The molecule has 1 aliphatic rings. The van der Waals surface area contributed by atoms with Gasteiger partial charge < -0.3 is 4.74 Å². The van der Waals surface area contributed by atoms with E-state index in [9.17, 15) is 0 Å². The molecule has 1 heterocycles. The molecular formula is C11H22O. The lowest BCUT2D eigenvalue weighted by atomic mass is 9.86. The van der Waals surface area contributed by atoms with Gasteiger partial charge in [0, 0.05) is 6.61 Å². The lowest BCUT2D eigenvalue weighted by Crippen LogP contribution is -2.23. The molecule has 0 bridgehead atoms. The molecule has 1 aliphatic heterocycles. The van der Waals surface area contributed by atoms with Gasteiger partial charge in [-0.25, -0.2) is 0 Å². The zero-order valence-electron chi connectivity index (χ0n) is 8.84. The maximum atomic E-state index is 5.73. The van der Waals surface area contributed by atoms with Crippen LogP contribution < -0.4 is 0 Å². The van der Waals surface area contributed by atoms with Gasteiger partial charge in [0.2, 0.25) is 0 Å². The van der Waals surface area contributed by atoms with Crippen LogP contribution in [0.5, 0.6) is 0 Å². The predicted octanol–water partition coefficient (Wildman–Crippen LogP) is 3.09. The summed E-state index contributed by atoms with van der Waals surface area (Å²) in [6.45, 7) is 10.1. The Hall–Kier alpha value is -0.0400. The van der Waals surface area contributed by atoms with E-state index < -0.39 is 0 Å². The number of ether oxygens (including phenoxy) is 1. The molecule has 2 unspecified atom stereocenters. The smallest absolute Gasteiger partial charge is 0.0627 e. The summed E-state index contributed by atoms with van der Waals surface area (Å²) in [5.41, 5.74) is 0. The Labute approximate surface area is 76.5 Å². The van der Waals surface area contributed by atoms with Crippen molar-refractivity contribution in [3.8, 4) is 0 Å². The van der Waals surface area contributed by atoms with Crippen molar-refractivity contribution in [1.82, 2.24) is 0 Å². The Kier molecular flexibility index (Phi) is 3.57. The van der Waals surface area contributed by atoms with Gasteiger partial charge in [-0.05, 0) is 30.6 Å². The summed E-state index contributed by atoms with van der Waals surface area (Å²) in [6, 6.07) is 0. The molecule has 0 amide bonds.